The van der Waals surface area contributed by atoms with Gasteiger partial charge in [-0.25, -0.2) is 0 Å². The number of amides is 1. The summed E-state index contributed by atoms with van der Waals surface area (Å²) in [6.07, 6.45) is 1.11. The minimum absolute atomic E-state index is 0.0125. The van der Waals surface area contributed by atoms with Gasteiger partial charge in [0, 0.05) is 19.0 Å². The third-order valence-corrected chi connectivity index (χ3v) is 3.35. The first-order valence-electron chi connectivity index (χ1n) is 7.44. The molecular weight excluding hydrogens is 264 g/mol. The number of nitrogens with one attached hydrogen (secondary N) is 1. The van der Waals surface area contributed by atoms with Crippen LogP contribution in [0.3, 0.4) is 0 Å². The summed E-state index contributed by atoms with van der Waals surface area (Å²) in [6, 6.07) is 6.11. The summed E-state index contributed by atoms with van der Waals surface area (Å²) in [4.78, 5) is 11.8. The third-order valence-electron chi connectivity index (χ3n) is 3.35. The minimum Gasteiger partial charge on any atom is -0.496 e. The van der Waals surface area contributed by atoms with Crippen LogP contribution < -0.4 is 15.8 Å². The highest BCUT2D eigenvalue weighted by Gasteiger charge is 2.20. The zero-order valence-corrected chi connectivity index (χ0v) is 13.8. The molecule has 0 saturated carbocycles. The van der Waals surface area contributed by atoms with Crippen molar-refractivity contribution in [3.63, 3.8) is 0 Å². The lowest BCUT2D eigenvalue weighted by atomic mass is 9.84. The van der Waals surface area contributed by atoms with Crippen molar-refractivity contribution in [2.45, 2.75) is 52.0 Å². The SMILES string of the molecule is COc1c(CCC(=O)NCC(C)N)cccc1C(C)(C)C. The van der Waals surface area contributed by atoms with Crippen molar-refractivity contribution in [1.82, 2.24) is 5.32 Å². The van der Waals surface area contributed by atoms with Crippen molar-refractivity contribution in [3.8, 4) is 5.75 Å². The van der Waals surface area contributed by atoms with Gasteiger partial charge in [0.2, 0.25) is 5.91 Å². The van der Waals surface area contributed by atoms with Gasteiger partial charge in [0.05, 0.1) is 7.11 Å². The standard InChI is InChI=1S/C17H28N2O2/c1-12(18)11-19-15(20)10-9-13-7-6-8-14(16(13)21-5)17(2,3)4/h6-8,12H,9-11,18H2,1-5H3,(H,19,20). The van der Waals surface area contributed by atoms with Crippen LogP contribution in [0.15, 0.2) is 18.2 Å². The number of carbonyl (C=O) groups excluding carboxylic acids is 1. The Balaban J connectivity index is 2.78. The van der Waals surface area contributed by atoms with Crippen LogP contribution in [0, 0.1) is 0 Å². The van der Waals surface area contributed by atoms with Crippen LogP contribution in [-0.4, -0.2) is 25.6 Å². The predicted molar refractivity (Wildman–Crippen MR) is 86.7 cm³/mol. The molecule has 0 radical (unpaired) electrons. The first kappa shape index (κ1) is 17.5. The van der Waals surface area contributed by atoms with Crippen LogP contribution in [0.25, 0.3) is 0 Å². The molecule has 1 rings (SSSR count). The molecule has 0 spiro atoms. The lowest BCUT2D eigenvalue weighted by Gasteiger charge is -2.24. The minimum atomic E-state index is -0.0206. The Labute approximate surface area is 128 Å². The Morgan fingerprint density at radius 1 is 1.38 bits per heavy atom. The monoisotopic (exact) mass is 292 g/mol. The smallest absolute Gasteiger partial charge is 0.220 e. The fourth-order valence-electron chi connectivity index (χ4n) is 2.22. The zero-order chi connectivity index (χ0) is 16.0. The summed E-state index contributed by atoms with van der Waals surface area (Å²) in [7, 11) is 1.68. The molecule has 0 fully saturated rings. The van der Waals surface area contributed by atoms with Crippen LogP contribution >= 0.6 is 0 Å². The molecule has 0 aliphatic carbocycles. The summed E-state index contributed by atoms with van der Waals surface area (Å²) in [5, 5.41) is 2.83. The fourth-order valence-corrected chi connectivity index (χ4v) is 2.22. The van der Waals surface area contributed by atoms with E-state index in [-0.39, 0.29) is 17.4 Å². The topological polar surface area (TPSA) is 64.3 Å². The molecule has 3 N–H and O–H groups in total. The number of nitrogens with two attached hydrogens (primary N) is 1. The van der Waals surface area contributed by atoms with E-state index in [9.17, 15) is 4.79 Å². The molecule has 4 heteroatoms. The molecule has 0 bridgehead atoms. The van der Waals surface area contributed by atoms with E-state index in [0.29, 0.717) is 19.4 Å². The highest BCUT2D eigenvalue weighted by atomic mass is 16.5. The second-order valence-corrected chi connectivity index (χ2v) is 6.53. The van der Waals surface area contributed by atoms with Gasteiger partial charge >= 0.3 is 0 Å². The van der Waals surface area contributed by atoms with Gasteiger partial charge in [0.1, 0.15) is 5.75 Å². The van der Waals surface area contributed by atoms with E-state index < -0.39 is 0 Å². The highest BCUT2D eigenvalue weighted by Crippen LogP contribution is 2.34. The van der Waals surface area contributed by atoms with Crippen molar-refractivity contribution in [1.29, 1.82) is 0 Å². The number of hydrogen-bond acceptors (Lipinski definition) is 3. The Bertz CT molecular complexity index is 476. The Morgan fingerprint density at radius 2 is 2.05 bits per heavy atom. The molecular formula is C17H28N2O2. The third kappa shape index (κ3) is 5.38. The van der Waals surface area contributed by atoms with Crippen LogP contribution in [-0.2, 0) is 16.6 Å². The van der Waals surface area contributed by atoms with Gasteiger partial charge in [-0.15, -0.1) is 0 Å². The van der Waals surface area contributed by atoms with Crippen molar-refractivity contribution in [3.05, 3.63) is 29.3 Å². The molecule has 0 aliphatic heterocycles. The molecule has 1 aromatic carbocycles. The average molecular weight is 292 g/mol. The summed E-state index contributed by atoms with van der Waals surface area (Å²) >= 11 is 0. The molecule has 4 nitrogen and oxygen atoms in total. The summed E-state index contributed by atoms with van der Waals surface area (Å²) < 4.78 is 5.58. The maximum atomic E-state index is 11.8. The molecule has 1 atom stereocenters. The first-order valence-corrected chi connectivity index (χ1v) is 7.44. The molecule has 0 heterocycles. The lowest BCUT2D eigenvalue weighted by molar-refractivity contribution is -0.121. The van der Waals surface area contributed by atoms with E-state index in [2.05, 4.69) is 32.2 Å². The normalized spacial score (nSPS) is 12.9. The van der Waals surface area contributed by atoms with Crippen LogP contribution in [0.2, 0.25) is 0 Å². The van der Waals surface area contributed by atoms with Gasteiger partial charge in [0.15, 0.2) is 0 Å². The van der Waals surface area contributed by atoms with Crippen LogP contribution in [0.1, 0.15) is 45.2 Å². The quantitative estimate of drug-likeness (QED) is 0.846. The number of rotatable bonds is 6. The average Bonchev–Trinajstić information content (AvgIpc) is 2.41. The molecule has 0 saturated heterocycles. The lowest BCUT2D eigenvalue weighted by Crippen LogP contribution is -2.35. The van der Waals surface area contributed by atoms with E-state index in [1.807, 2.05) is 19.1 Å². The van der Waals surface area contributed by atoms with Gasteiger partial charge in [0.25, 0.3) is 0 Å². The number of methoxy groups -OCH3 is 1. The van der Waals surface area contributed by atoms with Gasteiger partial charge < -0.3 is 15.8 Å². The largest absolute Gasteiger partial charge is 0.496 e. The summed E-state index contributed by atoms with van der Waals surface area (Å²) in [5.41, 5.74) is 7.87. The molecule has 1 unspecified atom stereocenters. The van der Waals surface area contributed by atoms with Crippen molar-refractivity contribution < 1.29 is 9.53 Å². The van der Waals surface area contributed by atoms with Crippen molar-refractivity contribution in [2.75, 3.05) is 13.7 Å². The Hall–Kier alpha value is -1.55. The second-order valence-electron chi connectivity index (χ2n) is 6.53. The van der Waals surface area contributed by atoms with E-state index in [1.165, 1.54) is 5.56 Å². The van der Waals surface area contributed by atoms with E-state index >= 15 is 0 Å². The van der Waals surface area contributed by atoms with E-state index in [0.717, 1.165) is 11.3 Å². The fraction of sp³-hybridized carbons (Fsp3) is 0.588. The number of aryl methyl sites for hydroxylation is 1. The van der Waals surface area contributed by atoms with Gasteiger partial charge in [-0.3, -0.25) is 4.79 Å². The van der Waals surface area contributed by atoms with Crippen molar-refractivity contribution in [2.24, 2.45) is 5.73 Å². The summed E-state index contributed by atoms with van der Waals surface area (Å²) in [6.45, 7) is 8.85. The number of hydrogen-bond donors (Lipinski definition) is 2. The van der Waals surface area contributed by atoms with Crippen LogP contribution in [0.5, 0.6) is 5.75 Å². The molecule has 1 aromatic rings. The van der Waals surface area contributed by atoms with E-state index in [4.69, 9.17) is 10.5 Å². The maximum Gasteiger partial charge on any atom is 0.220 e. The first-order chi connectivity index (χ1) is 9.75. The summed E-state index contributed by atoms with van der Waals surface area (Å²) in [5.74, 6) is 0.917. The molecule has 21 heavy (non-hydrogen) atoms. The number of benzene rings is 1. The number of ether oxygens (including phenoxy) is 1. The maximum absolute atomic E-state index is 11.8. The predicted octanol–water partition coefficient (Wildman–Crippen LogP) is 2.39. The molecule has 1 amide bonds. The zero-order valence-electron chi connectivity index (χ0n) is 13.8. The van der Waals surface area contributed by atoms with Crippen LogP contribution in [0.4, 0.5) is 0 Å². The Morgan fingerprint density at radius 3 is 2.57 bits per heavy atom. The molecule has 118 valence electrons. The van der Waals surface area contributed by atoms with Gasteiger partial charge in [-0.1, -0.05) is 39.0 Å². The molecule has 0 aromatic heterocycles. The van der Waals surface area contributed by atoms with Gasteiger partial charge in [-0.05, 0) is 29.9 Å². The second kappa shape index (κ2) is 7.46. The molecule has 0 aliphatic rings. The number of para-hydroxylation sites is 1. The number of carbonyl (C=O) groups is 1. The van der Waals surface area contributed by atoms with Gasteiger partial charge in [-0.2, -0.15) is 0 Å². The van der Waals surface area contributed by atoms with E-state index in [1.54, 1.807) is 7.11 Å². The van der Waals surface area contributed by atoms with Crippen molar-refractivity contribution >= 4 is 5.91 Å². The highest BCUT2D eigenvalue weighted by molar-refractivity contribution is 5.76. The Kier molecular flexibility index (Phi) is 6.21.